The number of rotatable bonds is 8. The number of hydrogen-bond acceptors (Lipinski definition) is 4. The van der Waals surface area contributed by atoms with Crippen LogP contribution < -0.4 is 10.1 Å². The molecule has 1 unspecified atom stereocenters. The Labute approximate surface area is 158 Å². The van der Waals surface area contributed by atoms with Crippen molar-refractivity contribution in [1.82, 2.24) is 10.2 Å². The Morgan fingerprint density at radius 3 is 2.31 bits per heavy atom. The summed E-state index contributed by atoms with van der Waals surface area (Å²) in [5.41, 5.74) is 5.79. The van der Waals surface area contributed by atoms with Gasteiger partial charge in [0.25, 0.3) is 0 Å². The van der Waals surface area contributed by atoms with Crippen molar-refractivity contribution in [2.24, 2.45) is 0 Å². The number of hydrogen-bond donors (Lipinski definition) is 1. The molecule has 1 heterocycles. The van der Waals surface area contributed by atoms with Gasteiger partial charge in [-0.1, -0.05) is 24.6 Å². The molecule has 26 heavy (non-hydrogen) atoms. The second kappa shape index (κ2) is 9.13. The van der Waals surface area contributed by atoms with Crippen LogP contribution in [0.3, 0.4) is 0 Å². The molecular weight excluding hydrogens is 324 g/mol. The van der Waals surface area contributed by atoms with Gasteiger partial charge in [-0.05, 0) is 58.2 Å². The molecule has 0 saturated carbocycles. The first kappa shape index (κ1) is 20.4. The summed E-state index contributed by atoms with van der Waals surface area (Å²) in [4.78, 5) is 2.30. The standard InChI is InChI=1S/C22H34N2O2/c1-8-10-23-20-13-18(6)24(9-2)22(19(20)14-25-7)26-21-16(4)11-15(3)12-17(21)5/h11-13,18,23H,8-10,14H2,1-7H3. The number of likely N-dealkylation sites (N-methyl/N-ethyl adjacent to an activating group) is 1. The highest BCUT2D eigenvalue weighted by molar-refractivity contribution is 5.46. The van der Waals surface area contributed by atoms with Crippen molar-refractivity contribution < 1.29 is 9.47 Å². The lowest BCUT2D eigenvalue weighted by atomic mass is 10.0. The average molecular weight is 359 g/mol. The minimum absolute atomic E-state index is 0.265. The van der Waals surface area contributed by atoms with E-state index in [1.807, 2.05) is 0 Å². The summed E-state index contributed by atoms with van der Waals surface area (Å²) in [7, 11) is 1.73. The fraction of sp³-hybridized carbons (Fsp3) is 0.545. The Morgan fingerprint density at radius 2 is 1.77 bits per heavy atom. The third-order valence-electron chi connectivity index (χ3n) is 4.74. The fourth-order valence-electron chi connectivity index (χ4n) is 3.59. The summed E-state index contributed by atoms with van der Waals surface area (Å²) in [6, 6.07) is 4.61. The molecule has 1 aromatic rings. The van der Waals surface area contributed by atoms with Gasteiger partial charge in [-0.3, -0.25) is 0 Å². The lowest BCUT2D eigenvalue weighted by Crippen LogP contribution is -2.40. The molecule has 4 nitrogen and oxygen atoms in total. The van der Waals surface area contributed by atoms with Crippen LogP contribution in [0.4, 0.5) is 0 Å². The molecular formula is C22H34N2O2. The summed E-state index contributed by atoms with van der Waals surface area (Å²) in [6.07, 6.45) is 3.35. The van der Waals surface area contributed by atoms with Crippen LogP contribution in [0.2, 0.25) is 0 Å². The van der Waals surface area contributed by atoms with Crippen LogP contribution in [0.5, 0.6) is 5.75 Å². The third kappa shape index (κ3) is 4.42. The topological polar surface area (TPSA) is 33.7 Å². The van der Waals surface area contributed by atoms with E-state index >= 15 is 0 Å². The van der Waals surface area contributed by atoms with E-state index in [9.17, 15) is 0 Å². The van der Waals surface area contributed by atoms with Gasteiger partial charge < -0.3 is 19.7 Å². The summed E-state index contributed by atoms with van der Waals surface area (Å²) in [5.74, 6) is 1.85. The lowest BCUT2D eigenvalue weighted by molar-refractivity contribution is 0.169. The molecule has 1 aliphatic rings. The highest BCUT2D eigenvalue weighted by atomic mass is 16.5. The molecule has 1 N–H and O–H groups in total. The summed E-state index contributed by atoms with van der Waals surface area (Å²) >= 11 is 0. The van der Waals surface area contributed by atoms with Crippen LogP contribution in [0.15, 0.2) is 35.4 Å². The van der Waals surface area contributed by atoms with Crippen LogP contribution in [0.1, 0.15) is 43.9 Å². The Hall–Kier alpha value is -1.94. The van der Waals surface area contributed by atoms with Crippen molar-refractivity contribution in [2.75, 3.05) is 26.8 Å². The van der Waals surface area contributed by atoms with Gasteiger partial charge in [0.2, 0.25) is 5.88 Å². The SMILES string of the molecule is CCCNC1=CC(C)N(CC)C(Oc2c(C)cc(C)cc2C)=C1COC. The molecule has 0 radical (unpaired) electrons. The molecule has 1 aromatic carbocycles. The van der Waals surface area contributed by atoms with E-state index in [0.717, 1.165) is 53.5 Å². The maximum absolute atomic E-state index is 6.57. The summed E-state index contributed by atoms with van der Waals surface area (Å²) < 4.78 is 12.1. The fourth-order valence-corrected chi connectivity index (χ4v) is 3.59. The van der Waals surface area contributed by atoms with Crippen molar-refractivity contribution in [3.05, 3.63) is 52.1 Å². The molecule has 0 amide bonds. The van der Waals surface area contributed by atoms with Crippen LogP contribution in [0, 0.1) is 20.8 Å². The molecule has 0 spiro atoms. The van der Waals surface area contributed by atoms with Gasteiger partial charge in [-0.15, -0.1) is 0 Å². The van der Waals surface area contributed by atoms with Crippen LogP contribution in [-0.2, 0) is 4.74 Å². The molecule has 4 heteroatoms. The van der Waals surface area contributed by atoms with Crippen molar-refractivity contribution in [3.63, 3.8) is 0 Å². The normalized spacial score (nSPS) is 17.4. The van der Waals surface area contributed by atoms with E-state index in [-0.39, 0.29) is 6.04 Å². The number of methoxy groups -OCH3 is 1. The van der Waals surface area contributed by atoms with E-state index in [2.05, 4.69) is 70.0 Å². The van der Waals surface area contributed by atoms with Crippen molar-refractivity contribution in [2.45, 2.75) is 54.0 Å². The van der Waals surface area contributed by atoms with E-state index in [0.29, 0.717) is 6.61 Å². The minimum Gasteiger partial charge on any atom is -0.440 e. The summed E-state index contributed by atoms with van der Waals surface area (Å²) in [6.45, 7) is 15.2. The van der Waals surface area contributed by atoms with Crippen molar-refractivity contribution >= 4 is 0 Å². The molecule has 144 valence electrons. The largest absolute Gasteiger partial charge is 0.440 e. The molecule has 1 atom stereocenters. The molecule has 0 aromatic heterocycles. The van der Waals surface area contributed by atoms with Crippen molar-refractivity contribution in [3.8, 4) is 5.75 Å². The van der Waals surface area contributed by atoms with Gasteiger partial charge in [0.05, 0.1) is 12.2 Å². The predicted octanol–water partition coefficient (Wildman–Crippen LogP) is 4.46. The first-order valence-corrected chi connectivity index (χ1v) is 9.63. The van der Waals surface area contributed by atoms with E-state index in [1.165, 1.54) is 5.56 Å². The molecule has 2 rings (SSSR count). The summed E-state index contributed by atoms with van der Waals surface area (Å²) in [5, 5.41) is 3.55. The predicted molar refractivity (Wildman–Crippen MR) is 108 cm³/mol. The number of ether oxygens (including phenoxy) is 2. The van der Waals surface area contributed by atoms with Crippen LogP contribution in [-0.4, -0.2) is 37.7 Å². The third-order valence-corrected chi connectivity index (χ3v) is 4.74. The van der Waals surface area contributed by atoms with E-state index in [4.69, 9.17) is 9.47 Å². The monoisotopic (exact) mass is 358 g/mol. The van der Waals surface area contributed by atoms with Crippen LogP contribution >= 0.6 is 0 Å². The van der Waals surface area contributed by atoms with Crippen LogP contribution in [0.25, 0.3) is 0 Å². The average Bonchev–Trinajstić information content (AvgIpc) is 2.58. The maximum atomic E-state index is 6.57. The quantitative estimate of drug-likeness (QED) is 0.744. The number of nitrogens with zero attached hydrogens (tertiary/aromatic N) is 1. The Morgan fingerprint density at radius 1 is 1.12 bits per heavy atom. The number of aryl methyl sites for hydroxylation is 3. The van der Waals surface area contributed by atoms with E-state index in [1.54, 1.807) is 7.11 Å². The van der Waals surface area contributed by atoms with Gasteiger partial charge in [-0.25, -0.2) is 0 Å². The minimum atomic E-state index is 0.265. The van der Waals surface area contributed by atoms with Gasteiger partial charge in [-0.2, -0.15) is 0 Å². The Balaban J connectivity index is 2.51. The van der Waals surface area contributed by atoms with Gasteiger partial charge in [0.1, 0.15) is 5.75 Å². The highest BCUT2D eigenvalue weighted by Crippen LogP contribution is 2.32. The zero-order valence-electron chi connectivity index (χ0n) is 17.4. The van der Waals surface area contributed by atoms with Crippen molar-refractivity contribution in [1.29, 1.82) is 0 Å². The molecule has 0 aliphatic carbocycles. The smallest absolute Gasteiger partial charge is 0.204 e. The zero-order valence-corrected chi connectivity index (χ0v) is 17.4. The maximum Gasteiger partial charge on any atom is 0.204 e. The van der Waals surface area contributed by atoms with E-state index < -0.39 is 0 Å². The Bertz CT molecular complexity index is 668. The molecule has 0 saturated heterocycles. The first-order valence-electron chi connectivity index (χ1n) is 9.63. The lowest BCUT2D eigenvalue weighted by Gasteiger charge is -2.37. The number of benzene rings is 1. The van der Waals surface area contributed by atoms with Gasteiger partial charge in [0, 0.05) is 31.9 Å². The first-order chi connectivity index (χ1) is 12.4. The highest BCUT2D eigenvalue weighted by Gasteiger charge is 2.28. The molecule has 0 bridgehead atoms. The number of nitrogens with one attached hydrogen (secondary N) is 1. The zero-order chi connectivity index (χ0) is 19.3. The second-order valence-electron chi connectivity index (χ2n) is 7.08. The van der Waals surface area contributed by atoms with Gasteiger partial charge >= 0.3 is 0 Å². The molecule has 0 fully saturated rings. The van der Waals surface area contributed by atoms with Gasteiger partial charge in [0.15, 0.2) is 0 Å². The second-order valence-corrected chi connectivity index (χ2v) is 7.08. The molecule has 1 aliphatic heterocycles. The Kier molecular flexibility index (Phi) is 7.15.